The number of anilines is 1. The summed E-state index contributed by atoms with van der Waals surface area (Å²) in [5, 5.41) is 2.73. The van der Waals surface area contributed by atoms with Crippen LogP contribution in [0.1, 0.15) is 30.6 Å². The molecule has 0 aromatic heterocycles. The van der Waals surface area contributed by atoms with Gasteiger partial charge in [-0.25, -0.2) is 13.2 Å². The molecule has 2 amide bonds. The molecular weight excluding hydrogens is 304 g/mol. The normalized spacial score (nSPS) is 19.6. The summed E-state index contributed by atoms with van der Waals surface area (Å²) in [4.78, 5) is 25.3. The van der Waals surface area contributed by atoms with Crippen LogP contribution in [0.2, 0.25) is 0 Å². The van der Waals surface area contributed by atoms with Crippen molar-refractivity contribution < 1.29 is 18.0 Å². The minimum atomic E-state index is -3.04. The molecule has 0 aliphatic carbocycles. The third-order valence-corrected chi connectivity index (χ3v) is 5.52. The zero-order valence-corrected chi connectivity index (χ0v) is 13.5. The van der Waals surface area contributed by atoms with Crippen LogP contribution in [0.5, 0.6) is 0 Å². The first-order valence-corrected chi connectivity index (χ1v) is 9.03. The highest BCUT2D eigenvalue weighted by atomic mass is 32.2. The van der Waals surface area contributed by atoms with Crippen LogP contribution in [0.4, 0.5) is 10.5 Å². The minimum Gasteiger partial charge on any atom is -0.321 e. The van der Waals surface area contributed by atoms with Gasteiger partial charge in [-0.1, -0.05) is 12.1 Å². The molecule has 0 radical (unpaired) electrons. The Hall–Kier alpha value is -1.89. The molecular formula is C15H20N2O4S. The largest absolute Gasteiger partial charge is 0.322 e. The number of amides is 2. The highest BCUT2D eigenvalue weighted by Gasteiger charge is 2.33. The zero-order chi connectivity index (χ0) is 16.3. The number of nitrogens with one attached hydrogen (secondary N) is 1. The molecule has 1 unspecified atom stereocenters. The molecule has 7 heteroatoms. The van der Waals surface area contributed by atoms with Gasteiger partial charge in [0.05, 0.1) is 11.5 Å². The predicted octanol–water partition coefficient (Wildman–Crippen LogP) is 1.93. The summed E-state index contributed by atoms with van der Waals surface area (Å²) in [7, 11) is -3.04. The van der Waals surface area contributed by atoms with Gasteiger partial charge >= 0.3 is 6.03 Å². The summed E-state index contributed by atoms with van der Waals surface area (Å²) in [6.45, 7) is 3.71. The summed E-state index contributed by atoms with van der Waals surface area (Å²) in [5.41, 5.74) is 1.04. The van der Waals surface area contributed by atoms with E-state index in [9.17, 15) is 18.0 Å². The number of rotatable bonds is 4. The molecule has 1 aliphatic heterocycles. The second-order valence-corrected chi connectivity index (χ2v) is 7.64. The maximum Gasteiger partial charge on any atom is 0.322 e. The van der Waals surface area contributed by atoms with Crippen molar-refractivity contribution in [2.24, 2.45) is 0 Å². The predicted molar refractivity (Wildman–Crippen MR) is 84.9 cm³/mol. The van der Waals surface area contributed by atoms with Crippen molar-refractivity contribution in [3.05, 3.63) is 29.8 Å². The third-order valence-electron chi connectivity index (χ3n) is 3.77. The van der Waals surface area contributed by atoms with E-state index >= 15 is 0 Å². The van der Waals surface area contributed by atoms with E-state index in [1.807, 2.05) is 6.92 Å². The topological polar surface area (TPSA) is 83.6 Å². The number of hydrogen-bond donors (Lipinski definition) is 1. The van der Waals surface area contributed by atoms with E-state index < -0.39 is 9.84 Å². The van der Waals surface area contributed by atoms with Crippen molar-refractivity contribution in [3.63, 3.8) is 0 Å². The Kier molecular flexibility index (Phi) is 4.85. The monoisotopic (exact) mass is 324 g/mol. The molecule has 1 aliphatic rings. The number of ketones is 1. The SMILES string of the molecule is CCN(C(=O)Nc1cccc(C(C)=O)c1)C1CCS(=O)(=O)C1. The van der Waals surface area contributed by atoms with Crippen molar-refractivity contribution in [3.8, 4) is 0 Å². The second-order valence-electron chi connectivity index (χ2n) is 5.41. The molecule has 1 N–H and O–H groups in total. The van der Waals surface area contributed by atoms with Gasteiger partial charge in [0.1, 0.15) is 0 Å². The smallest absolute Gasteiger partial charge is 0.321 e. The number of carbonyl (C=O) groups excluding carboxylic acids is 2. The fraction of sp³-hybridized carbons (Fsp3) is 0.467. The second kappa shape index (κ2) is 6.48. The minimum absolute atomic E-state index is 0.0156. The number of nitrogens with zero attached hydrogens (tertiary/aromatic N) is 1. The van der Waals surface area contributed by atoms with E-state index in [0.29, 0.717) is 24.2 Å². The van der Waals surface area contributed by atoms with E-state index in [1.165, 1.54) is 11.8 Å². The zero-order valence-electron chi connectivity index (χ0n) is 12.7. The fourth-order valence-electron chi connectivity index (χ4n) is 2.60. The van der Waals surface area contributed by atoms with Gasteiger partial charge in [-0.05, 0) is 32.4 Å². The summed E-state index contributed by atoms with van der Waals surface area (Å²) in [5.74, 6) is 0.0635. The average Bonchev–Trinajstić information content (AvgIpc) is 2.80. The van der Waals surface area contributed by atoms with Crippen molar-refractivity contribution >= 4 is 27.3 Å². The van der Waals surface area contributed by atoms with Crippen LogP contribution in [-0.4, -0.2) is 49.2 Å². The van der Waals surface area contributed by atoms with Crippen molar-refractivity contribution in [2.75, 3.05) is 23.4 Å². The number of carbonyl (C=O) groups is 2. The fourth-order valence-corrected chi connectivity index (χ4v) is 4.33. The Morgan fingerprint density at radius 2 is 2.09 bits per heavy atom. The maximum atomic E-state index is 12.4. The molecule has 0 saturated carbocycles. The lowest BCUT2D eigenvalue weighted by molar-refractivity contribution is 0.101. The van der Waals surface area contributed by atoms with E-state index in [1.54, 1.807) is 24.3 Å². The van der Waals surface area contributed by atoms with E-state index in [4.69, 9.17) is 0 Å². The average molecular weight is 324 g/mol. The number of urea groups is 1. The Balaban J connectivity index is 2.10. The number of benzene rings is 1. The van der Waals surface area contributed by atoms with Crippen molar-refractivity contribution in [1.29, 1.82) is 0 Å². The molecule has 2 rings (SSSR count). The summed E-state index contributed by atoms with van der Waals surface area (Å²) >= 11 is 0. The number of Topliss-reactive ketones (excluding diaryl/α,β-unsaturated/α-hetero) is 1. The van der Waals surface area contributed by atoms with Crippen LogP contribution in [0, 0.1) is 0 Å². The summed E-state index contributed by atoms with van der Waals surface area (Å²) in [6.07, 6.45) is 0.469. The molecule has 1 aromatic rings. The highest BCUT2D eigenvalue weighted by Crippen LogP contribution is 2.19. The summed E-state index contributed by atoms with van der Waals surface area (Å²) in [6, 6.07) is 6.06. The van der Waals surface area contributed by atoms with Crippen LogP contribution >= 0.6 is 0 Å². The number of sulfone groups is 1. The molecule has 120 valence electrons. The highest BCUT2D eigenvalue weighted by molar-refractivity contribution is 7.91. The molecule has 1 saturated heterocycles. The first-order valence-electron chi connectivity index (χ1n) is 7.21. The van der Waals surface area contributed by atoms with Crippen LogP contribution in [0.3, 0.4) is 0 Å². The molecule has 1 fully saturated rings. The molecule has 0 spiro atoms. The molecule has 1 aromatic carbocycles. The Bertz CT molecular complexity index is 685. The maximum absolute atomic E-state index is 12.4. The third kappa shape index (κ3) is 3.85. The lowest BCUT2D eigenvalue weighted by Gasteiger charge is -2.27. The van der Waals surface area contributed by atoms with E-state index in [0.717, 1.165) is 0 Å². The van der Waals surface area contributed by atoms with Gasteiger partial charge in [0, 0.05) is 23.8 Å². The van der Waals surface area contributed by atoms with Gasteiger partial charge in [-0.3, -0.25) is 4.79 Å². The van der Waals surface area contributed by atoms with Gasteiger partial charge in [-0.15, -0.1) is 0 Å². The number of hydrogen-bond acceptors (Lipinski definition) is 4. The molecule has 0 bridgehead atoms. The van der Waals surface area contributed by atoms with E-state index in [2.05, 4.69) is 5.32 Å². The van der Waals surface area contributed by atoms with Crippen LogP contribution in [0.25, 0.3) is 0 Å². The molecule has 6 nitrogen and oxygen atoms in total. The Labute approximate surface area is 130 Å². The Morgan fingerprint density at radius 3 is 2.64 bits per heavy atom. The lowest BCUT2D eigenvalue weighted by Crippen LogP contribution is -2.43. The van der Waals surface area contributed by atoms with Gasteiger partial charge < -0.3 is 10.2 Å². The van der Waals surface area contributed by atoms with Crippen LogP contribution < -0.4 is 5.32 Å². The van der Waals surface area contributed by atoms with Gasteiger partial charge in [-0.2, -0.15) is 0 Å². The molecule has 1 atom stereocenters. The first kappa shape index (κ1) is 16.5. The van der Waals surface area contributed by atoms with Gasteiger partial charge in [0.25, 0.3) is 0 Å². The van der Waals surface area contributed by atoms with Gasteiger partial charge in [0.15, 0.2) is 15.6 Å². The van der Waals surface area contributed by atoms with Gasteiger partial charge in [0.2, 0.25) is 0 Å². The molecule has 1 heterocycles. The lowest BCUT2D eigenvalue weighted by atomic mass is 10.1. The van der Waals surface area contributed by atoms with Crippen molar-refractivity contribution in [2.45, 2.75) is 26.3 Å². The Morgan fingerprint density at radius 1 is 1.36 bits per heavy atom. The van der Waals surface area contributed by atoms with Crippen LogP contribution in [-0.2, 0) is 9.84 Å². The standard InChI is InChI=1S/C15H20N2O4S/c1-3-17(14-7-8-22(20,21)10-14)15(19)16-13-6-4-5-12(9-13)11(2)18/h4-6,9,14H,3,7-8,10H2,1-2H3,(H,16,19). The first-order chi connectivity index (χ1) is 10.3. The van der Waals surface area contributed by atoms with E-state index in [-0.39, 0.29) is 29.4 Å². The van der Waals surface area contributed by atoms with Crippen molar-refractivity contribution in [1.82, 2.24) is 4.90 Å². The molecule has 22 heavy (non-hydrogen) atoms. The van der Waals surface area contributed by atoms with Crippen LogP contribution in [0.15, 0.2) is 24.3 Å². The summed E-state index contributed by atoms with van der Waals surface area (Å²) < 4.78 is 23.1. The quantitative estimate of drug-likeness (QED) is 0.858.